The lowest BCUT2D eigenvalue weighted by Gasteiger charge is -2.20. The summed E-state index contributed by atoms with van der Waals surface area (Å²) >= 11 is 0. The number of aromatic amines is 2. The minimum absolute atomic E-state index is 0.215. The van der Waals surface area contributed by atoms with Crippen LogP contribution in [0.25, 0.3) is 11.3 Å². The number of nitrogens with zero attached hydrogens (tertiary/aromatic N) is 4. The van der Waals surface area contributed by atoms with Crippen molar-refractivity contribution in [1.82, 2.24) is 20.2 Å². The van der Waals surface area contributed by atoms with Crippen molar-refractivity contribution in [2.45, 2.75) is 20.3 Å². The monoisotopic (exact) mass is 326 g/mol. The van der Waals surface area contributed by atoms with E-state index in [0.29, 0.717) is 23.2 Å². The van der Waals surface area contributed by atoms with E-state index < -0.39 is 11.2 Å². The molecule has 1 saturated heterocycles. The van der Waals surface area contributed by atoms with Crippen molar-refractivity contribution in [3.05, 3.63) is 38.8 Å². The van der Waals surface area contributed by atoms with Gasteiger partial charge in [0.25, 0.3) is 5.56 Å². The number of rotatable bonds is 3. The number of anilines is 1. The fourth-order valence-electron chi connectivity index (χ4n) is 2.98. The van der Waals surface area contributed by atoms with Crippen molar-refractivity contribution in [2.75, 3.05) is 18.0 Å². The first-order valence-electron chi connectivity index (χ1n) is 7.84. The number of hydrogen-bond acceptors (Lipinski definition) is 6. The quantitative estimate of drug-likeness (QED) is 0.864. The molecule has 0 aliphatic carbocycles. The lowest BCUT2D eigenvalue weighted by molar-refractivity contribution is 0.422. The van der Waals surface area contributed by atoms with Gasteiger partial charge in [-0.25, -0.2) is 4.79 Å². The van der Waals surface area contributed by atoms with Crippen LogP contribution in [-0.4, -0.2) is 33.3 Å². The zero-order valence-electron chi connectivity index (χ0n) is 13.5. The predicted molar refractivity (Wildman–Crippen MR) is 88.6 cm³/mol. The Bertz CT molecular complexity index is 908. The summed E-state index contributed by atoms with van der Waals surface area (Å²) in [6.07, 6.45) is 2.36. The van der Waals surface area contributed by atoms with Gasteiger partial charge in [-0.15, -0.1) is 10.2 Å². The van der Waals surface area contributed by atoms with Crippen molar-refractivity contribution in [3.8, 4) is 17.3 Å². The maximum atomic E-state index is 11.9. The number of hydrogen-bond donors (Lipinski definition) is 2. The average molecular weight is 326 g/mol. The van der Waals surface area contributed by atoms with Crippen LogP contribution < -0.4 is 16.1 Å². The lowest BCUT2D eigenvalue weighted by Crippen LogP contribution is -2.24. The van der Waals surface area contributed by atoms with Crippen LogP contribution in [0.4, 0.5) is 5.69 Å². The first-order chi connectivity index (χ1) is 11.5. The molecule has 2 aromatic heterocycles. The highest BCUT2D eigenvalue weighted by Gasteiger charge is 2.27. The molecular weight excluding hydrogens is 308 g/mol. The predicted octanol–water partition coefficient (Wildman–Crippen LogP) is 0.874. The molecule has 0 amide bonds. The molecule has 1 aliphatic rings. The molecule has 24 heavy (non-hydrogen) atoms. The minimum atomic E-state index is -0.579. The summed E-state index contributed by atoms with van der Waals surface area (Å²) in [7, 11) is 0. The third kappa shape index (κ3) is 2.93. The second-order valence-electron chi connectivity index (χ2n) is 6.30. The summed E-state index contributed by atoms with van der Waals surface area (Å²) in [6, 6.07) is 3.75. The second kappa shape index (κ2) is 6.28. The minimum Gasteiger partial charge on any atom is -0.369 e. The van der Waals surface area contributed by atoms with Crippen molar-refractivity contribution < 1.29 is 0 Å². The van der Waals surface area contributed by atoms with E-state index in [4.69, 9.17) is 0 Å². The summed E-state index contributed by atoms with van der Waals surface area (Å²) in [6.45, 7) is 6.06. The molecule has 0 aromatic carbocycles. The SMILES string of the molecule is CC(C)[C@@H]1CCN(c2cc(-c3c[nH]c(=O)[nH]c3=O)nnc2C#N)C1. The van der Waals surface area contributed by atoms with Crippen LogP contribution in [0, 0.1) is 23.2 Å². The molecule has 3 heterocycles. The van der Waals surface area contributed by atoms with Crippen LogP contribution in [-0.2, 0) is 0 Å². The first kappa shape index (κ1) is 15.9. The average Bonchev–Trinajstić information content (AvgIpc) is 3.04. The third-order valence-corrected chi connectivity index (χ3v) is 4.48. The van der Waals surface area contributed by atoms with Gasteiger partial charge < -0.3 is 9.88 Å². The third-order valence-electron chi connectivity index (χ3n) is 4.48. The Morgan fingerprint density at radius 1 is 1.38 bits per heavy atom. The summed E-state index contributed by atoms with van der Waals surface area (Å²) in [5.74, 6) is 1.13. The zero-order chi connectivity index (χ0) is 17.3. The Balaban J connectivity index is 2.02. The highest BCUT2D eigenvalue weighted by molar-refractivity contribution is 5.66. The zero-order valence-corrected chi connectivity index (χ0v) is 13.5. The molecule has 0 radical (unpaired) electrons. The van der Waals surface area contributed by atoms with Gasteiger partial charge in [-0.1, -0.05) is 13.8 Å². The fraction of sp³-hybridized carbons (Fsp3) is 0.438. The number of nitrogens with one attached hydrogen (secondary N) is 2. The molecule has 2 aromatic rings. The van der Waals surface area contributed by atoms with Crippen molar-refractivity contribution in [2.24, 2.45) is 11.8 Å². The number of H-pyrrole nitrogens is 2. The number of aromatic nitrogens is 4. The van der Waals surface area contributed by atoms with Crippen molar-refractivity contribution >= 4 is 5.69 Å². The van der Waals surface area contributed by atoms with Gasteiger partial charge in [0, 0.05) is 19.3 Å². The van der Waals surface area contributed by atoms with Gasteiger partial charge in [-0.3, -0.25) is 9.78 Å². The highest BCUT2D eigenvalue weighted by Crippen LogP contribution is 2.30. The lowest BCUT2D eigenvalue weighted by atomic mass is 9.95. The van der Waals surface area contributed by atoms with Gasteiger partial charge in [-0.05, 0) is 24.3 Å². The first-order valence-corrected chi connectivity index (χ1v) is 7.84. The molecule has 8 heteroatoms. The van der Waals surface area contributed by atoms with Crippen LogP contribution >= 0.6 is 0 Å². The van der Waals surface area contributed by atoms with Gasteiger partial charge >= 0.3 is 5.69 Å². The Morgan fingerprint density at radius 2 is 2.17 bits per heavy atom. The Labute approximate surface area is 138 Å². The largest absolute Gasteiger partial charge is 0.369 e. The van der Waals surface area contributed by atoms with E-state index in [1.165, 1.54) is 6.20 Å². The second-order valence-corrected chi connectivity index (χ2v) is 6.30. The Kier molecular flexibility index (Phi) is 4.16. The molecule has 0 spiro atoms. The van der Waals surface area contributed by atoms with Crippen molar-refractivity contribution in [3.63, 3.8) is 0 Å². The van der Waals surface area contributed by atoms with E-state index in [1.807, 2.05) is 0 Å². The maximum absolute atomic E-state index is 11.9. The van der Waals surface area contributed by atoms with E-state index >= 15 is 0 Å². The van der Waals surface area contributed by atoms with E-state index in [2.05, 4.69) is 45.0 Å². The van der Waals surface area contributed by atoms with Gasteiger partial charge in [0.2, 0.25) is 0 Å². The molecule has 0 bridgehead atoms. The fourth-order valence-corrected chi connectivity index (χ4v) is 2.98. The van der Waals surface area contributed by atoms with E-state index in [9.17, 15) is 14.9 Å². The van der Waals surface area contributed by atoms with Gasteiger partial charge in [0.1, 0.15) is 11.8 Å². The summed E-state index contributed by atoms with van der Waals surface area (Å²) in [4.78, 5) is 29.8. The summed E-state index contributed by atoms with van der Waals surface area (Å²) in [5.41, 5.74) is 0.345. The van der Waals surface area contributed by atoms with Crippen LogP contribution in [0.15, 0.2) is 21.9 Å². The summed E-state index contributed by atoms with van der Waals surface area (Å²) in [5, 5.41) is 17.2. The normalized spacial score (nSPS) is 17.2. The van der Waals surface area contributed by atoms with Crippen LogP contribution in [0.2, 0.25) is 0 Å². The van der Waals surface area contributed by atoms with E-state index in [1.54, 1.807) is 6.07 Å². The topological polar surface area (TPSA) is 119 Å². The summed E-state index contributed by atoms with van der Waals surface area (Å²) < 4.78 is 0. The standard InChI is InChI=1S/C16H18N6O2/c1-9(2)10-3-4-22(8-10)14-5-12(20-21-13(14)6-17)11-7-18-16(24)19-15(11)23/h5,7,9-10H,3-4,8H2,1-2H3,(H2,18,19,23,24)/t10-/m1/s1. The molecule has 1 aliphatic heterocycles. The van der Waals surface area contributed by atoms with Crippen LogP contribution in [0.5, 0.6) is 0 Å². The molecular formula is C16H18N6O2. The Hall–Kier alpha value is -2.95. The van der Waals surface area contributed by atoms with Gasteiger partial charge in [0.05, 0.1) is 11.3 Å². The Morgan fingerprint density at radius 3 is 2.79 bits per heavy atom. The molecule has 1 fully saturated rings. The van der Waals surface area contributed by atoms with E-state index in [0.717, 1.165) is 19.5 Å². The molecule has 8 nitrogen and oxygen atoms in total. The molecule has 0 unspecified atom stereocenters. The smallest absolute Gasteiger partial charge is 0.325 e. The molecule has 1 atom stereocenters. The molecule has 2 N–H and O–H groups in total. The van der Waals surface area contributed by atoms with Gasteiger partial charge in [-0.2, -0.15) is 5.26 Å². The molecule has 0 saturated carbocycles. The van der Waals surface area contributed by atoms with Crippen LogP contribution in [0.3, 0.4) is 0 Å². The molecule has 3 rings (SSSR count). The van der Waals surface area contributed by atoms with Crippen molar-refractivity contribution in [1.29, 1.82) is 5.26 Å². The molecule has 124 valence electrons. The maximum Gasteiger partial charge on any atom is 0.325 e. The number of nitriles is 1. The van der Waals surface area contributed by atoms with Crippen LogP contribution in [0.1, 0.15) is 26.0 Å². The van der Waals surface area contributed by atoms with Gasteiger partial charge in [0.15, 0.2) is 5.69 Å². The van der Waals surface area contributed by atoms with E-state index in [-0.39, 0.29) is 11.3 Å². The highest BCUT2D eigenvalue weighted by atomic mass is 16.2.